The van der Waals surface area contributed by atoms with Gasteiger partial charge in [0.15, 0.2) is 0 Å². The predicted molar refractivity (Wildman–Crippen MR) is 90.0 cm³/mol. The van der Waals surface area contributed by atoms with Crippen LogP contribution in [0.4, 0.5) is 5.69 Å². The van der Waals surface area contributed by atoms with E-state index in [0.717, 1.165) is 17.8 Å². The average molecular weight is 308 g/mol. The van der Waals surface area contributed by atoms with Gasteiger partial charge >= 0.3 is 0 Å². The summed E-state index contributed by atoms with van der Waals surface area (Å²) < 4.78 is 1.63. The number of hydrogen-bond acceptors (Lipinski definition) is 5. The number of rotatable bonds is 2. The number of imidazole rings is 1. The summed E-state index contributed by atoms with van der Waals surface area (Å²) >= 11 is 0. The highest BCUT2D eigenvalue weighted by Gasteiger charge is 2.22. The van der Waals surface area contributed by atoms with Crippen LogP contribution in [-0.2, 0) is 0 Å². The summed E-state index contributed by atoms with van der Waals surface area (Å²) in [5.41, 5.74) is 9.22. The maximum absolute atomic E-state index is 12.7. The Balaban J connectivity index is 1.95. The molecular weight excluding hydrogens is 292 g/mol. The van der Waals surface area contributed by atoms with Crippen LogP contribution < -0.4 is 11.3 Å². The van der Waals surface area contributed by atoms with Gasteiger partial charge in [0, 0.05) is 48.9 Å². The molecule has 3 aromatic rings. The largest absolute Gasteiger partial charge is 0.399 e. The predicted octanol–water partition coefficient (Wildman–Crippen LogP) is 1.31. The number of hydrazone groups is 1. The van der Waals surface area contributed by atoms with Gasteiger partial charge < -0.3 is 10.7 Å². The average Bonchev–Trinajstić information content (AvgIpc) is 3.18. The second kappa shape index (κ2) is 4.98. The van der Waals surface area contributed by atoms with E-state index >= 15 is 0 Å². The van der Waals surface area contributed by atoms with Crippen LogP contribution in [0.5, 0.6) is 0 Å². The Hall–Kier alpha value is -3.09. The summed E-state index contributed by atoms with van der Waals surface area (Å²) in [6.07, 6.45) is 5.30. The zero-order valence-corrected chi connectivity index (χ0v) is 12.6. The van der Waals surface area contributed by atoms with E-state index in [-0.39, 0.29) is 11.5 Å². The standard InChI is InChI=1S/C16H16N6O/c1-21-7-10(6-20-21)13-8-22(12-4-2-11(17)3-5-12)16(23)15-14(13)18-9-19-15/h2-6,8-10H,7,17H2,1H3,(H,18,19). The van der Waals surface area contributed by atoms with Crippen molar-refractivity contribution in [3.63, 3.8) is 0 Å². The van der Waals surface area contributed by atoms with E-state index in [1.165, 1.54) is 0 Å². The van der Waals surface area contributed by atoms with Gasteiger partial charge in [0.25, 0.3) is 5.56 Å². The van der Waals surface area contributed by atoms with Crippen molar-refractivity contribution in [1.29, 1.82) is 0 Å². The molecule has 1 aliphatic heterocycles. The van der Waals surface area contributed by atoms with Gasteiger partial charge in [-0.05, 0) is 24.3 Å². The van der Waals surface area contributed by atoms with Crippen molar-refractivity contribution >= 4 is 22.9 Å². The molecule has 3 heterocycles. The van der Waals surface area contributed by atoms with Gasteiger partial charge in [-0.3, -0.25) is 14.4 Å². The molecule has 116 valence electrons. The molecule has 0 saturated carbocycles. The number of aromatic nitrogens is 3. The summed E-state index contributed by atoms with van der Waals surface area (Å²) in [5, 5.41) is 6.16. The summed E-state index contributed by atoms with van der Waals surface area (Å²) in [6, 6.07) is 7.22. The Kier molecular flexibility index (Phi) is 2.94. The number of anilines is 1. The Morgan fingerprint density at radius 1 is 1.30 bits per heavy atom. The molecule has 0 aliphatic carbocycles. The summed E-state index contributed by atoms with van der Waals surface area (Å²) in [4.78, 5) is 20.0. The molecule has 4 rings (SSSR count). The first-order valence-electron chi connectivity index (χ1n) is 7.33. The van der Waals surface area contributed by atoms with Crippen LogP contribution in [-0.4, -0.2) is 39.4 Å². The second-order valence-electron chi connectivity index (χ2n) is 5.69. The number of nitrogen functional groups attached to an aromatic ring is 1. The minimum Gasteiger partial charge on any atom is -0.399 e. The van der Waals surface area contributed by atoms with Crippen LogP contribution in [0.25, 0.3) is 16.7 Å². The summed E-state index contributed by atoms with van der Waals surface area (Å²) in [7, 11) is 1.92. The highest BCUT2D eigenvalue weighted by molar-refractivity contribution is 5.83. The molecule has 3 N–H and O–H groups in total. The molecule has 1 atom stereocenters. The van der Waals surface area contributed by atoms with Gasteiger partial charge in [0.05, 0.1) is 11.8 Å². The zero-order valence-electron chi connectivity index (χ0n) is 12.6. The van der Waals surface area contributed by atoms with Gasteiger partial charge in [-0.2, -0.15) is 5.10 Å². The molecule has 1 aliphatic rings. The van der Waals surface area contributed by atoms with E-state index < -0.39 is 0 Å². The topological polar surface area (TPSA) is 92.3 Å². The third kappa shape index (κ3) is 2.17. The first-order chi connectivity index (χ1) is 11.1. The molecule has 23 heavy (non-hydrogen) atoms. The second-order valence-corrected chi connectivity index (χ2v) is 5.69. The van der Waals surface area contributed by atoms with Crippen molar-refractivity contribution < 1.29 is 0 Å². The van der Waals surface area contributed by atoms with Crippen LogP contribution in [0.2, 0.25) is 0 Å². The van der Waals surface area contributed by atoms with E-state index in [2.05, 4.69) is 15.1 Å². The first kappa shape index (κ1) is 13.6. The maximum Gasteiger partial charge on any atom is 0.281 e. The van der Waals surface area contributed by atoms with Gasteiger partial charge in [-0.15, -0.1) is 0 Å². The summed E-state index contributed by atoms with van der Waals surface area (Å²) in [6.45, 7) is 0.766. The minimum atomic E-state index is -0.130. The molecule has 0 radical (unpaired) electrons. The minimum absolute atomic E-state index is 0.103. The maximum atomic E-state index is 12.7. The number of benzene rings is 1. The Morgan fingerprint density at radius 3 is 2.78 bits per heavy atom. The lowest BCUT2D eigenvalue weighted by atomic mass is 10.0. The van der Waals surface area contributed by atoms with Gasteiger partial charge in [-0.1, -0.05) is 0 Å². The van der Waals surface area contributed by atoms with Crippen molar-refractivity contribution in [3.8, 4) is 5.69 Å². The molecule has 1 unspecified atom stereocenters. The van der Waals surface area contributed by atoms with Crippen LogP contribution >= 0.6 is 0 Å². The molecule has 0 amide bonds. The first-order valence-corrected chi connectivity index (χ1v) is 7.33. The lowest BCUT2D eigenvalue weighted by molar-refractivity contribution is 0.381. The van der Waals surface area contributed by atoms with E-state index in [0.29, 0.717) is 16.7 Å². The van der Waals surface area contributed by atoms with Crippen LogP contribution in [0.15, 0.2) is 46.7 Å². The highest BCUT2D eigenvalue weighted by atomic mass is 16.1. The fourth-order valence-corrected chi connectivity index (χ4v) is 2.91. The fraction of sp³-hybridized carbons (Fsp3) is 0.188. The van der Waals surface area contributed by atoms with Crippen molar-refractivity contribution in [2.75, 3.05) is 19.3 Å². The molecular formula is C16H16N6O. The van der Waals surface area contributed by atoms with Gasteiger partial charge in [0.1, 0.15) is 5.52 Å². The number of likely N-dealkylation sites (N-methyl/N-ethyl adjacent to an activating group) is 1. The monoisotopic (exact) mass is 308 g/mol. The molecule has 0 spiro atoms. The number of aromatic amines is 1. The number of hydrogen-bond donors (Lipinski definition) is 2. The van der Waals surface area contributed by atoms with Crippen LogP contribution in [0.3, 0.4) is 0 Å². The summed E-state index contributed by atoms with van der Waals surface area (Å²) in [5.74, 6) is 0.103. The van der Waals surface area contributed by atoms with Crippen molar-refractivity contribution in [3.05, 3.63) is 52.7 Å². The Bertz CT molecular complexity index is 953. The molecule has 7 nitrogen and oxygen atoms in total. The number of nitrogens with one attached hydrogen (secondary N) is 1. The highest BCUT2D eigenvalue weighted by Crippen LogP contribution is 2.25. The van der Waals surface area contributed by atoms with Crippen molar-refractivity contribution in [2.45, 2.75) is 5.92 Å². The van der Waals surface area contributed by atoms with Crippen molar-refractivity contribution in [2.24, 2.45) is 5.10 Å². The van der Waals surface area contributed by atoms with E-state index in [4.69, 9.17) is 5.73 Å². The van der Waals surface area contributed by atoms with E-state index in [1.807, 2.05) is 36.6 Å². The van der Waals surface area contributed by atoms with E-state index in [1.54, 1.807) is 23.0 Å². The lowest BCUT2D eigenvalue weighted by Gasteiger charge is -2.14. The number of nitrogens with two attached hydrogens (primary N) is 1. The Morgan fingerprint density at radius 2 is 2.09 bits per heavy atom. The third-order valence-corrected chi connectivity index (χ3v) is 4.09. The normalized spacial score (nSPS) is 17.3. The number of fused-ring (bicyclic) bond motifs is 1. The smallest absolute Gasteiger partial charge is 0.281 e. The van der Waals surface area contributed by atoms with Gasteiger partial charge in [0.2, 0.25) is 0 Å². The molecule has 7 heteroatoms. The number of nitrogens with zero attached hydrogens (tertiary/aromatic N) is 4. The molecule has 0 bridgehead atoms. The number of H-pyrrole nitrogens is 1. The Labute approximate surface area is 132 Å². The van der Waals surface area contributed by atoms with Crippen molar-refractivity contribution in [1.82, 2.24) is 19.5 Å². The molecule has 1 aromatic carbocycles. The zero-order chi connectivity index (χ0) is 16.0. The lowest BCUT2D eigenvalue weighted by Crippen LogP contribution is -2.21. The molecule has 0 saturated heterocycles. The van der Waals surface area contributed by atoms with Gasteiger partial charge in [-0.25, -0.2) is 4.98 Å². The number of pyridine rings is 1. The quantitative estimate of drug-likeness (QED) is 0.698. The van der Waals surface area contributed by atoms with Crippen LogP contribution in [0, 0.1) is 0 Å². The fourth-order valence-electron chi connectivity index (χ4n) is 2.91. The third-order valence-electron chi connectivity index (χ3n) is 4.09. The van der Waals surface area contributed by atoms with Crippen LogP contribution in [0.1, 0.15) is 11.5 Å². The SMILES string of the molecule is CN1CC(c2cn(-c3ccc(N)cc3)c(=O)c3[nH]cnc23)C=N1. The molecule has 2 aromatic heterocycles. The van der Waals surface area contributed by atoms with E-state index in [9.17, 15) is 4.79 Å². The molecule has 0 fully saturated rings.